The van der Waals surface area contributed by atoms with Crippen LogP contribution >= 0.6 is 11.6 Å². The minimum absolute atomic E-state index is 0.0109. The second kappa shape index (κ2) is 7.77. The fraction of sp³-hybridized carbons (Fsp3) is 0.316. The molecule has 1 heterocycles. The number of benzene rings is 2. The Morgan fingerprint density at radius 3 is 2.67 bits per heavy atom. The van der Waals surface area contributed by atoms with Crippen LogP contribution in [0.3, 0.4) is 0 Å². The molecule has 0 bridgehead atoms. The lowest BCUT2D eigenvalue weighted by Crippen LogP contribution is -2.37. The number of ether oxygens (including phenoxy) is 1. The molecule has 1 saturated heterocycles. The standard InChI is InChI=1S/C19H19ClFNO2/c20-17-9-3-2-8-16(17)19(23)22(13-15-7-5-11-24-15)12-14-6-1-4-10-18(14)21/h1-4,6,8-10,15H,5,7,11-13H2. The highest BCUT2D eigenvalue weighted by molar-refractivity contribution is 6.33. The van der Waals surface area contributed by atoms with Gasteiger partial charge in [0.15, 0.2) is 0 Å². The molecule has 0 radical (unpaired) electrons. The lowest BCUT2D eigenvalue weighted by Gasteiger charge is -2.26. The van der Waals surface area contributed by atoms with Crippen molar-refractivity contribution in [1.29, 1.82) is 0 Å². The summed E-state index contributed by atoms with van der Waals surface area (Å²) in [5, 5.41) is 0.397. The second-order valence-corrected chi connectivity index (χ2v) is 6.30. The van der Waals surface area contributed by atoms with Crippen molar-refractivity contribution in [3.05, 3.63) is 70.5 Å². The average Bonchev–Trinajstić information content (AvgIpc) is 3.09. The van der Waals surface area contributed by atoms with Crippen LogP contribution in [0.1, 0.15) is 28.8 Å². The van der Waals surface area contributed by atoms with E-state index < -0.39 is 0 Å². The number of carbonyl (C=O) groups excluding carboxylic acids is 1. The van der Waals surface area contributed by atoms with E-state index in [4.69, 9.17) is 16.3 Å². The Kier molecular flexibility index (Phi) is 5.48. The van der Waals surface area contributed by atoms with E-state index in [2.05, 4.69) is 0 Å². The molecule has 3 rings (SSSR count). The van der Waals surface area contributed by atoms with E-state index in [1.165, 1.54) is 6.07 Å². The first kappa shape index (κ1) is 16.9. The molecule has 1 atom stereocenters. The van der Waals surface area contributed by atoms with Gasteiger partial charge in [-0.05, 0) is 31.0 Å². The van der Waals surface area contributed by atoms with Crippen LogP contribution in [0.4, 0.5) is 4.39 Å². The van der Waals surface area contributed by atoms with Crippen LogP contribution in [0.5, 0.6) is 0 Å². The van der Waals surface area contributed by atoms with Crippen molar-refractivity contribution in [3.63, 3.8) is 0 Å². The Bertz CT molecular complexity index is 716. The molecular weight excluding hydrogens is 329 g/mol. The Balaban J connectivity index is 1.85. The summed E-state index contributed by atoms with van der Waals surface area (Å²) >= 11 is 6.16. The van der Waals surface area contributed by atoms with Crippen molar-refractivity contribution in [2.75, 3.05) is 13.2 Å². The largest absolute Gasteiger partial charge is 0.376 e. The van der Waals surface area contributed by atoms with Gasteiger partial charge in [-0.25, -0.2) is 4.39 Å². The zero-order valence-corrected chi connectivity index (χ0v) is 14.0. The van der Waals surface area contributed by atoms with Crippen LogP contribution in [0.2, 0.25) is 5.02 Å². The SMILES string of the molecule is O=C(c1ccccc1Cl)N(Cc1ccccc1F)CC1CCCO1. The van der Waals surface area contributed by atoms with Gasteiger partial charge >= 0.3 is 0 Å². The third-order valence-electron chi connectivity index (χ3n) is 4.16. The van der Waals surface area contributed by atoms with E-state index in [1.54, 1.807) is 47.4 Å². The van der Waals surface area contributed by atoms with Crippen LogP contribution in [0.15, 0.2) is 48.5 Å². The number of carbonyl (C=O) groups is 1. The molecule has 1 aliphatic heterocycles. The Morgan fingerprint density at radius 1 is 1.21 bits per heavy atom. The van der Waals surface area contributed by atoms with Gasteiger partial charge in [-0.2, -0.15) is 0 Å². The number of amides is 1. The smallest absolute Gasteiger partial charge is 0.255 e. The fourth-order valence-corrected chi connectivity index (χ4v) is 3.11. The van der Waals surface area contributed by atoms with Gasteiger partial charge in [-0.3, -0.25) is 4.79 Å². The van der Waals surface area contributed by atoms with Crippen molar-refractivity contribution in [2.24, 2.45) is 0 Å². The van der Waals surface area contributed by atoms with Gasteiger partial charge in [-0.15, -0.1) is 0 Å². The predicted molar refractivity (Wildman–Crippen MR) is 91.6 cm³/mol. The summed E-state index contributed by atoms with van der Waals surface area (Å²) < 4.78 is 19.7. The molecule has 2 aromatic rings. The predicted octanol–water partition coefficient (Wildman–Crippen LogP) is 4.30. The maximum absolute atomic E-state index is 14.0. The Hall–Kier alpha value is -1.91. The second-order valence-electron chi connectivity index (χ2n) is 5.89. The van der Waals surface area contributed by atoms with E-state index in [-0.39, 0.29) is 24.4 Å². The molecule has 24 heavy (non-hydrogen) atoms. The zero-order chi connectivity index (χ0) is 16.9. The average molecular weight is 348 g/mol. The van der Waals surface area contributed by atoms with Crippen molar-refractivity contribution in [1.82, 2.24) is 4.90 Å². The number of hydrogen-bond acceptors (Lipinski definition) is 2. The zero-order valence-electron chi connectivity index (χ0n) is 13.3. The van der Waals surface area contributed by atoms with Crippen LogP contribution in [0, 0.1) is 5.82 Å². The maximum atomic E-state index is 14.0. The van der Waals surface area contributed by atoms with Gasteiger partial charge < -0.3 is 9.64 Å². The Labute approximate surface area is 146 Å². The first-order chi connectivity index (χ1) is 11.6. The first-order valence-corrected chi connectivity index (χ1v) is 8.42. The molecule has 0 aromatic heterocycles. The van der Waals surface area contributed by atoms with Crippen LogP contribution < -0.4 is 0 Å². The van der Waals surface area contributed by atoms with E-state index in [0.717, 1.165) is 12.8 Å². The van der Waals surface area contributed by atoms with E-state index >= 15 is 0 Å². The van der Waals surface area contributed by atoms with Crippen LogP contribution in [-0.2, 0) is 11.3 Å². The molecule has 126 valence electrons. The fourth-order valence-electron chi connectivity index (χ4n) is 2.89. The molecule has 1 unspecified atom stereocenters. The summed E-state index contributed by atoms with van der Waals surface area (Å²) in [7, 11) is 0. The monoisotopic (exact) mass is 347 g/mol. The van der Waals surface area contributed by atoms with Gasteiger partial charge in [0.25, 0.3) is 5.91 Å². The lowest BCUT2D eigenvalue weighted by atomic mass is 10.1. The number of halogens is 2. The number of rotatable bonds is 5. The first-order valence-electron chi connectivity index (χ1n) is 8.04. The molecule has 1 amide bonds. The summed E-state index contributed by atoms with van der Waals surface area (Å²) in [6.45, 7) is 1.33. The topological polar surface area (TPSA) is 29.5 Å². The summed E-state index contributed by atoms with van der Waals surface area (Å²) in [4.78, 5) is 14.6. The normalized spacial score (nSPS) is 17.0. The number of nitrogens with zero attached hydrogens (tertiary/aromatic N) is 1. The van der Waals surface area contributed by atoms with Gasteiger partial charge in [0, 0.05) is 25.3 Å². The Morgan fingerprint density at radius 2 is 1.96 bits per heavy atom. The van der Waals surface area contributed by atoms with Crippen molar-refractivity contribution in [3.8, 4) is 0 Å². The van der Waals surface area contributed by atoms with E-state index in [0.29, 0.717) is 29.3 Å². The maximum Gasteiger partial charge on any atom is 0.255 e. The van der Waals surface area contributed by atoms with E-state index in [9.17, 15) is 9.18 Å². The van der Waals surface area contributed by atoms with Crippen LogP contribution in [-0.4, -0.2) is 30.1 Å². The molecule has 0 saturated carbocycles. The molecule has 0 aliphatic carbocycles. The van der Waals surface area contributed by atoms with Gasteiger partial charge in [0.2, 0.25) is 0 Å². The quantitative estimate of drug-likeness (QED) is 0.807. The highest BCUT2D eigenvalue weighted by Gasteiger charge is 2.25. The molecule has 2 aromatic carbocycles. The molecule has 3 nitrogen and oxygen atoms in total. The summed E-state index contributed by atoms with van der Waals surface area (Å²) in [6.07, 6.45) is 1.88. The van der Waals surface area contributed by atoms with Crippen molar-refractivity contribution >= 4 is 17.5 Å². The van der Waals surface area contributed by atoms with Gasteiger partial charge in [-0.1, -0.05) is 41.9 Å². The van der Waals surface area contributed by atoms with E-state index in [1.807, 2.05) is 0 Å². The molecular formula is C19H19ClFNO2. The summed E-state index contributed by atoms with van der Waals surface area (Å²) in [5.41, 5.74) is 0.907. The van der Waals surface area contributed by atoms with Gasteiger partial charge in [0.1, 0.15) is 5.82 Å². The van der Waals surface area contributed by atoms with Crippen molar-refractivity contribution in [2.45, 2.75) is 25.5 Å². The minimum Gasteiger partial charge on any atom is -0.376 e. The third kappa shape index (κ3) is 3.94. The third-order valence-corrected chi connectivity index (χ3v) is 4.49. The molecule has 0 spiro atoms. The molecule has 1 fully saturated rings. The van der Waals surface area contributed by atoms with Gasteiger partial charge in [0.05, 0.1) is 16.7 Å². The highest BCUT2D eigenvalue weighted by Crippen LogP contribution is 2.22. The molecule has 0 N–H and O–H groups in total. The lowest BCUT2D eigenvalue weighted by molar-refractivity contribution is 0.0505. The summed E-state index contributed by atoms with van der Waals surface area (Å²) in [6, 6.07) is 13.4. The summed E-state index contributed by atoms with van der Waals surface area (Å²) in [5.74, 6) is -0.527. The molecule has 1 aliphatic rings. The minimum atomic E-state index is -0.318. The van der Waals surface area contributed by atoms with Crippen LogP contribution in [0.25, 0.3) is 0 Å². The molecule has 5 heteroatoms. The number of hydrogen-bond donors (Lipinski definition) is 0. The van der Waals surface area contributed by atoms with Crippen molar-refractivity contribution < 1.29 is 13.9 Å². The highest BCUT2D eigenvalue weighted by atomic mass is 35.5.